The molecule has 0 fully saturated rings. The van der Waals surface area contributed by atoms with Crippen molar-refractivity contribution in [1.82, 2.24) is 19.5 Å². The Kier molecular flexibility index (Phi) is 7.76. The molecule has 268 valence electrons. The van der Waals surface area contributed by atoms with Gasteiger partial charge in [-0.05, 0) is 65.2 Å². The first-order valence-corrected chi connectivity index (χ1v) is 19.7. The Morgan fingerprint density at radius 1 is 0.386 bits per heavy atom. The van der Waals surface area contributed by atoms with E-state index < -0.39 is 0 Å². The van der Waals surface area contributed by atoms with E-state index in [9.17, 15) is 5.11 Å². The fourth-order valence-corrected chi connectivity index (χ4v) is 9.33. The minimum absolute atomic E-state index is 0.230. The topological polar surface area (TPSA) is 63.8 Å². The number of nitrogens with zero attached hydrogens (tertiary/aromatic N) is 4. The normalized spacial score (nSPS) is 11.6. The molecule has 3 heterocycles. The summed E-state index contributed by atoms with van der Waals surface area (Å²) in [6, 6.07) is 64.5. The number of phenolic OH excluding ortho intramolecular Hbond substituents is 1. The third-order valence-corrected chi connectivity index (χ3v) is 11.9. The zero-order chi connectivity index (χ0) is 37.9. The number of benzene rings is 8. The molecular weight excluding hydrogens is 717 g/mol. The summed E-state index contributed by atoms with van der Waals surface area (Å²) in [6.07, 6.45) is 0. The summed E-state index contributed by atoms with van der Waals surface area (Å²) in [5, 5.41) is 16.1. The second kappa shape index (κ2) is 13.4. The molecule has 0 spiro atoms. The van der Waals surface area contributed by atoms with Crippen molar-refractivity contribution < 1.29 is 5.11 Å². The molecule has 8 aromatic carbocycles. The van der Waals surface area contributed by atoms with Crippen molar-refractivity contribution >= 4 is 53.3 Å². The maximum atomic E-state index is 11.5. The van der Waals surface area contributed by atoms with E-state index in [-0.39, 0.29) is 5.75 Å². The molecule has 5 nitrogen and oxygen atoms in total. The van der Waals surface area contributed by atoms with Gasteiger partial charge in [-0.1, -0.05) is 140 Å². The average Bonchev–Trinajstić information content (AvgIpc) is 3.83. The third-order valence-electron chi connectivity index (χ3n) is 10.8. The van der Waals surface area contributed by atoms with Gasteiger partial charge in [0.05, 0.1) is 11.0 Å². The molecule has 11 rings (SSSR count). The van der Waals surface area contributed by atoms with Crippen LogP contribution < -0.4 is 0 Å². The highest BCUT2D eigenvalue weighted by molar-refractivity contribution is 7.26. The summed E-state index contributed by atoms with van der Waals surface area (Å²) >= 11 is 1.76. The Morgan fingerprint density at radius 3 is 1.54 bits per heavy atom. The van der Waals surface area contributed by atoms with Crippen LogP contribution in [0.5, 0.6) is 5.75 Å². The van der Waals surface area contributed by atoms with Crippen molar-refractivity contribution in [1.29, 1.82) is 0 Å². The smallest absolute Gasteiger partial charge is 0.164 e. The van der Waals surface area contributed by atoms with Crippen LogP contribution in [0.2, 0.25) is 0 Å². The number of hydrogen-bond acceptors (Lipinski definition) is 5. The molecule has 3 aromatic heterocycles. The number of para-hydroxylation sites is 2. The molecular formula is C51H32N4OS. The van der Waals surface area contributed by atoms with Gasteiger partial charge in [0.25, 0.3) is 0 Å². The highest BCUT2D eigenvalue weighted by atomic mass is 32.1. The van der Waals surface area contributed by atoms with Crippen LogP contribution in [0.1, 0.15) is 0 Å². The highest BCUT2D eigenvalue weighted by Gasteiger charge is 2.20. The third kappa shape index (κ3) is 5.57. The maximum absolute atomic E-state index is 11.5. The minimum atomic E-state index is 0.230. The van der Waals surface area contributed by atoms with Gasteiger partial charge in [0, 0.05) is 58.9 Å². The van der Waals surface area contributed by atoms with Gasteiger partial charge in [-0.3, -0.25) is 0 Å². The first-order chi connectivity index (χ1) is 28.2. The van der Waals surface area contributed by atoms with E-state index in [1.165, 1.54) is 15.5 Å². The lowest BCUT2D eigenvalue weighted by Gasteiger charge is -2.13. The van der Waals surface area contributed by atoms with Crippen LogP contribution in [0.4, 0.5) is 0 Å². The number of phenols is 1. The van der Waals surface area contributed by atoms with Crippen LogP contribution in [0.25, 0.3) is 104 Å². The quantitative estimate of drug-likeness (QED) is 0.184. The summed E-state index contributed by atoms with van der Waals surface area (Å²) in [6.45, 7) is 0. The predicted molar refractivity (Wildman–Crippen MR) is 236 cm³/mol. The van der Waals surface area contributed by atoms with Gasteiger partial charge >= 0.3 is 0 Å². The summed E-state index contributed by atoms with van der Waals surface area (Å²) in [4.78, 5) is 15.2. The largest absolute Gasteiger partial charge is 0.507 e. The first-order valence-electron chi connectivity index (χ1n) is 18.9. The van der Waals surface area contributed by atoms with Gasteiger partial charge < -0.3 is 9.67 Å². The highest BCUT2D eigenvalue weighted by Crippen LogP contribution is 2.45. The zero-order valence-corrected chi connectivity index (χ0v) is 31.4. The fraction of sp³-hybridized carbons (Fsp3) is 0. The number of aromatic hydroxyl groups is 1. The van der Waals surface area contributed by atoms with Crippen LogP contribution >= 0.6 is 11.3 Å². The molecule has 1 N–H and O–H groups in total. The molecule has 11 aromatic rings. The summed E-state index contributed by atoms with van der Waals surface area (Å²) in [5.41, 5.74) is 9.92. The second-order valence-corrected chi connectivity index (χ2v) is 15.2. The standard InChI is InChI=1S/C51H32N4OS/c56-44-29-28-35(31-41(44)34-18-11-19-36(30-34)55-42-24-9-7-20-38(42)39-21-8-10-25-43(39)55)37-22-12-26-45-47(37)48-40(23-13-27-46(48)57-45)51-53-49(32-14-3-1-4-15-32)52-50(54-51)33-16-5-2-6-17-33/h1-31,56H. The van der Waals surface area contributed by atoms with Crippen LogP contribution in [-0.2, 0) is 0 Å². The van der Waals surface area contributed by atoms with E-state index in [1.807, 2.05) is 72.8 Å². The van der Waals surface area contributed by atoms with E-state index >= 15 is 0 Å². The molecule has 0 aliphatic heterocycles. The number of thiophene rings is 1. The van der Waals surface area contributed by atoms with Crippen molar-refractivity contribution in [3.63, 3.8) is 0 Å². The molecule has 6 heteroatoms. The first kappa shape index (κ1) is 33.0. The Morgan fingerprint density at radius 2 is 0.895 bits per heavy atom. The van der Waals surface area contributed by atoms with Crippen LogP contribution in [-0.4, -0.2) is 24.6 Å². The SMILES string of the molecule is Oc1ccc(-c2cccc3sc4cccc(-c5nc(-c6ccccc6)nc(-c6ccccc6)n5)c4c23)cc1-c1cccc(-n2c3ccccc3c3ccccc32)c1. The monoisotopic (exact) mass is 748 g/mol. The van der Waals surface area contributed by atoms with Crippen molar-refractivity contribution in [3.05, 3.63) is 188 Å². The Bertz CT molecular complexity index is 3200. The van der Waals surface area contributed by atoms with Gasteiger partial charge in [-0.15, -0.1) is 11.3 Å². The minimum Gasteiger partial charge on any atom is -0.507 e. The molecule has 0 atom stereocenters. The van der Waals surface area contributed by atoms with Gasteiger partial charge in [-0.2, -0.15) is 0 Å². The van der Waals surface area contributed by atoms with Crippen LogP contribution in [0.15, 0.2) is 188 Å². The number of hydrogen-bond donors (Lipinski definition) is 1. The van der Waals surface area contributed by atoms with Crippen molar-refractivity contribution in [2.45, 2.75) is 0 Å². The summed E-state index contributed by atoms with van der Waals surface area (Å²) in [7, 11) is 0. The van der Waals surface area contributed by atoms with E-state index in [0.717, 1.165) is 71.1 Å². The fourth-order valence-electron chi connectivity index (χ4n) is 8.17. The molecule has 0 bridgehead atoms. The van der Waals surface area contributed by atoms with Gasteiger partial charge in [0.1, 0.15) is 5.75 Å². The number of rotatable bonds is 6. The number of aromatic nitrogens is 4. The predicted octanol–water partition coefficient (Wildman–Crippen LogP) is 13.4. The summed E-state index contributed by atoms with van der Waals surface area (Å²) < 4.78 is 4.62. The van der Waals surface area contributed by atoms with Gasteiger partial charge in [-0.25, -0.2) is 15.0 Å². The van der Waals surface area contributed by atoms with Gasteiger partial charge in [0.2, 0.25) is 0 Å². The molecule has 0 saturated heterocycles. The lowest BCUT2D eigenvalue weighted by Crippen LogP contribution is -2.00. The molecule has 0 saturated carbocycles. The summed E-state index contributed by atoms with van der Waals surface area (Å²) in [5.74, 6) is 2.11. The molecule has 0 aliphatic rings. The van der Waals surface area contributed by atoms with E-state index in [4.69, 9.17) is 15.0 Å². The molecule has 57 heavy (non-hydrogen) atoms. The second-order valence-electron chi connectivity index (χ2n) is 14.1. The van der Waals surface area contributed by atoms with Crippen LogP contribution in [0.3, 0.4) is 0 Å². The molecule has 0 aliphatic carbocycles. The van der Waals surface area contributed by atoms with Gasteiger partial charge in [0.15, 0.2) is 17.5 Å². The van der Waals surface area contributed by atoms with E-state index in [2.05, 4.69) is 120 Å². The molecule has 0 unspecified atom stereocenters. The van der Waals surface area contributed by atoms with Crippen molar-refractivity contribution in [2.24, 2.45) is 0 Å². The lowest BCUT2D eigenvalue weighted by atomic mass is 9.94. The average molecular weight is 749 g/mol. The van der Waals surface area contributed by atoms with Crippen LogP contribution in [0, 0.1) is 0 Å². The van der Waals surface area contributed by atoms with Crippen molar-refractivity contribution in [3.8, 4) is 67.9 Å². The zero-order valence-electron chi connectivity index (χ0n) is 30.5. The Balaban J connectivity index is 1.08. The van der Waals surface area contributed by atoms with E-state index in [1.54, 1.807) is 11.3 Å². The Labute approximate surface area is 332 Å². The molecule has 0 radical (unpaired) electrons. The van der Waals surface area contributed by atoms with E-state index in [0.29, 0.717) is 17.5 Å². The number of fused-ring (bicyclic) bond motifs is 6. The maximum Gasteiger partial charge on any atom is 0.164 e. The lowest BCUT2D eigenvalue weighted by molar-refractivity contribution is 0.477. The Hall–Kier alpha value is -7.41. The molecule has 0 amide bonds. The van der Waals surface area contributed by atoms with Crippen molar-refractivity contribution in [2.75, 3.05) is 0 Å².